The van der Waals surface area contributed by atoms with E-state index in [1.807, 2.05) is 13.0 Å². The summed E-state index contributed by atoms with van der Waals surface area (Å²) in [4.78, 5) is 21.5. The van der Waals surface area contributed by atoms with Crippen molar-refractivity contribution in [3.8, 4) is 0 Å². The summed E-state index contributed by atoms with van der Waals surface area (Å²) in [6.45, 7) is 1.87. The van der Waals surface area contributed by atoms with Crippen molar-refractivity contribution in [1.29, 1.82) is 0 Å². The molecule has 6 heteroatoms. The Hall–Kier alpha value is -1.88. The minimum Gasteiger partial charge on any atom is -0.361 e. The number of hydrogen-bond donors (Lipinski definition) is 2. The van der Waals surface area contributed by atoms with Crippen molar-refractivity contribution in [2.75, 3.05) is 0 Å². The van der Waals surface area contributed by atoms with Crippen molar-refractivity contribution >= 4 is 29.1 Å². The second kappa shape index (κ2) is 6.00. The highest BCUT2D eigenvalue weighted by atomic mass is 35.5. The predicted octanol–water partition coefficient (Wildman–Crippen LogP) is 1.06. The van der Waals surface area contributed by atoms with E-state index in [1.165, 1.54) is 0 Å². The maximum absolute atomic E-state index is 10.9. The Morgan fingerprint density at radius 1 is 1.47 bits per heavy atom. The molecule has 0 unspecified atom stereocenters. The van der Waals surface area contributed by atoms with Gasteiger partial charge in [-0.25, -0.2) is 5.43 Å². The lowest BCUT2D eigenvalue weighted by Gasteiger charge is -2.04. The fourth-order valence-electron chi connectivity index (χ4n) is 1.19. The molecule has 0 atom stereocenters. The van der Waals surface area contributed by atoms with Gasteiger partial charge in [-0.2, -0.15) is 5.10 Å². The maximum atomic E-state index is 10.9. The topological polar surface area (TPSA) is 84.6 Å². The van der Waals surface area contributed by atoms with Crippen LogP contribution in [-0.4, -0.2) is 17.5 Å². The zero-order valence-corrected chi connectivity index (χ0v) is 9.99. The van der Waals surface area contributed by atoms with Gasteiger partial charge in [0.05, 0.1) is 5.71 Å². The number of carbonyl (C=O) groups excluding carboxylic acids is 2. The Morgan fingerprint density at radius 3 is 2.71 bits per heavy atom. The molecule has 90 valence electrons. The first kappa shape index (κ1) is 13.2. The molecule has 2 amide bonds. The van der Waals surface area contributed by atoms with Gasteiger partial charge in [-0.1, -0.05) is 30.7 Å². The summed E-state index contributed by atoms with van der Waals surface area (Å²) in [5.74, 6) is -2.02. The molecule has 1 aromatic carbocycles. The number of halogens is 1. The first-order valence-electron chi connectivity index (χ1n) is 4.97. The normalized spacial score (nSPS) is 11.1. The number of hydrogen-bond acceptors (Lipinski definition) is 3. The summed E-state index contributed by atoms with van der Waals surface area (Å²) in [7, 11) is 0. The maximum Gasteiger partial charge on any atom is 0.329 e. The highest BCUT2D eigenvalue weighted by molar-refractivity contribution is 6.34. The van der Waals surface area contributed by atoms with Crippen LogP contribution in [0.25, 0.3) is 0 Å². The average molecular weight is 254 g/mol. The van der Waals surface area contributed by atoms with Crippen LogP contribution in [0.5, 0.6) is 0 Å². The number of benzene rings is 1. The van der Waals surface area contributed by atoms with Gasteiger partial charge in [0.2, 0.25) is 0 Å². The van der Waals surface area contributed by atoms with Gasteiger partial charge in [0.1, 0.15) is 0 Å². The second-order valence-electron chi connectivity index (χ2n) is 3.23. The van der Waals surface area contributed by atoms with E-state index in [-0.39, 0.29) is 0 Å². The third-order valence-electron chi connectivity index (χ3n) is 2.01. The first-order chi connectivity index (χ1) is 8.04. The van der Waals surface area contributed by atoms with Gasteiger partial charge in [0.15, 0.2) is 0 Å². The summed E-state index contributed by atoms with van der Waals surface area (Å²) in [5, 5.41) is 4.41. The van der Waals surface area contributed by atoms with Crippen molar-refractivity contribution < 1.29 is 9.59 Å². The lowest BCUT2D eigenvalue weighted by molar-refractivity contribution is -0.137. The van der Waals surface area contributed by atoms with E-state index in [1.54, 1.807) is 18.2 Å². The van der Waals surface area contributed by atoms with E-state index < -0.39 is 11.8 Å². The molecule has 0 aliphatic heterocycles. The number of amides is 2. The predicted molar refractivity (Wildman–Crippen MR) is 65.6 cm³/mol. The zero-order chi connectivity index (χ0) is 12.8. The molecule has 5 nitrogen and oxygen atoms in total. The third kappa shape index (κ3) is 3.88. The summed E-state index contributed by atoms with van der Waals surface area (Å²) in [5.41, 5.74) is 8.26. The molecule has 0 aromatic heterocycles. The SMILES string of the molecule is CC/C(=N\NC(=O)C(N)=O)c1cccc(Cl)c1. The molecule has 17 heavy (non-hydrogen) atoms. The van der Waals surface area contributed by atoms with E-state index in [0.29, 0.717) is 17.2 Å². The molecule has 0 heterocycles. The number of rotatable bonds is 3. The van der Waals surface area contributed by atoms with Crippen LogP contribution in [0.3, 0.4) is 0 Å². The van der Waals surface area contributed by atoms with E-state index in [4.69, 9.17) is 17.3 Å². The molecule has 0 saturated carbocycles. The lowest BCUT2D eigenvalue weighted by Crippen LogP contribution is -2.33. The van der Waals surface area contributed by atoms with Gasteiger partial charge in [0.25, 0.3) is 0 Å². The van der Waals surface area contributed by atoms with Crippen LogP contribution in [-0.2, 0) is 9.59 Å². The first-order valence-corrected chi connectivity index (χ1v) is 5.34. The Kier molecular flexibility index (Phi) is 4.66. The van der Waals surface area contributed by atoms with Gasteiger partial charge in [-0.3, -0.25) is 9.59 Å². The van der Waals surface area contributed by atoms with Gasteiger partial charge in [-0.05, 0) is 24.1 Å². The monoisotopic (exact) mass is 253 g/mol. The molecule has 0 fully saturated rings. The average Bonchev–Trinajstić information content (AvgIpc) is 2.29. The van der Waals surface area contributed by atoms with Crippen LogP contribution in [0.2, 0.25) is 5.02 Å². The molecule has 1 aromatic rings. The number of hydrazone groups is 1. The smallest absolute Gasteiger partial charge is 0.329 e. The van der Waals surface area contributed by atoms with Gasteiger partial charge >= 0.3 is 11.8 Å². The minimum atomic E-state index is -1.07. The molecule has 0 radical (unpaired) electrons. The van der Waals surface area contributed by atoms with Crippen LogP contribution in [0.4, 0.5) is 0 Å². The summed E-state index contributed by atoms with van der Waals surface area (Å²) < 4.78 is 0. The second-order valence-corrected chi connectivity index (χ2v) is 3.66. The molecule has 0 spiro atoms. The molecule has 0 saturated heterocycles. The van der Waals surface area contributed by atoms with E-state index in [2.05, 4.69) is 10.5 Å². The molecule has 0 bridgehead atoms. The van der Waals surface area contributed by atoms with E-state index in [9.17, 15) is 9.59 Å². The number of carbonyl (C=O) groups is 2. The Morgan fingerprint density at radius 2 is 2.18 bits per heavy atom. The molecule has 1 rings (SSSR count). The summed E-state index contributed by atoms with van der Waals surface area (Å²) in [6.07, 6.45) is 0.583. The zero-order valence-electron chi connectivity index (χ0n) is 9.24. The Labute approximate surface area is 104 Å². The van der Waals surface area contributed by atoms with Crippen LogP contribution in [0.15, 0.2) is 29.4 Å². The molecule has 0 aliphatic carbocycles. The van der Waals surface area contributed by atoms with Crippen molar-refractivity contribution in [2.24, 2.45) is 10.8 Å². The highest BCUT2D eigenvalue weighted by Crippen LogP contribution is 2.12. The van der Waals surface area contributed by atoms with Crippen molar-refractivity contribution in [3.05, 3.63) is 34.9 Å². The fourth-order valence-corrected chi connectivity index (χ4v) is 1.38. The molecule has 3 N–H and O–H groups in total. The van der Waals surface area contributed by atoms with Gasteiger partial charge in [-0.15, -0.1) is 0 Å². The lowest BCUT2D eigenvalue weighted by atomic mass is 10.1. The molecule has 0 aliphatic rings. The number of nitrogens with zero attached hydrogens (tertiary/aromatic N) is 1. The van der Waals surface area contributed by atoms with Crippen LogP contribution in [0.1, 0.15) is 18.9 Å². The van der Waals surface area contributed by atoms with E-state index in [0.717, 1.165) is 5.56 Å². The molecular formula is C11H12ClN3O2. The van der Waals surface area contributed by atoms with Crippen molar-refractivity contribution in [1.82, 2.24) is 5.43 Å². The van der Waals surface area contributed by atoms with Crippen LogP contribution in [0, 0.1) is 0 Å². The van der Waals surface area contributed by atoms with Crippen molar-refractivity contribution in [3.63, 3.8) is 0 Å². The summed E-state index contributed by atoms with van der Waals surface area (Å²) in [6, 6.07) is 7.05. The van der Waals surface area contributed by atoms with Crippen molar-refractivity contribution in [2.45, 2.75) is 13.3 Å². The van der Waals surface area contributed by atoms with Gasteiger partial charge < -0.3 is 5.73 Å². The quantitative estimate of drug-likeness (QED) is 0.479. The Balaban J connectivity index is 2.88. The number of nitrogens with one attached hydrogen (secondary N) is 1. The highest BCUT2D eigenvalue weighted by Gasteiger charge is 2.08. The largest absolute Gasteiger partial charge is 0.361 e. The third-order valence-corrected chi connectivity index (χ3v) is 2.24. The minimum absolute atomic E-state index is 0.574. The summed E-state index contributed by atoms with van der Waals surface area (Å²) >= 11 is 5.84. The van der Waals surface area contributed by atoms with Gasteiger partial charge in [0, 0.05) is 5.02 Å². The Bertz CT molecular complexity index is 472. The fraction of sp³-hybridized carbons (Fsp3) is 0.182. The van der Waals surface area contributed by atoms with Crippen LogP contribution >= 0.6 is 11.6 Å². The van der Waals surface area contributed by atoms with Crippen LogP contribution < -0.4 is 11.2 Å². The number of primary amides is 1. The number of nitrogens with two attached hydrogens (primary N) is 1. The standard InChI is InChI=1S/C11H12ClN3O2/c1-2-9(14-15-11(17)10(13)16)7-4-3-5-8(12)6-7/h3-6H,2H2,1H3,(H2,13,16)(H,15,17)/b14-9+. The van der Waals surface area contributed by atoms with E-state index >= 15 is 0 Å². The molecular weight excluding hydrogens is 242 g/mol.